The normalized spacial score (nSPS) is 10.8. The highest BCUT2D eigenvalue weighted by atomic mass is 16.5. The summed E-state index contributed by atoms with van der Waals surface area (Å²) in [5.41, 5.74) is 15.6. The fourth-order valence-corrected chi connectivity index (χ4v) is 15.1. The van der Waals surface area contributed by atoms with E-state index in [9.17, 15) is 49.2 Å². The summed E-state index contributed by atoms with van der Waals surface area (Å²) in [7, 11) is 20.6. The molecule has 13 aromatic carbocycles. The number of para-hydroxylation sites is 3. The highest BCUT2D eigenvalue weighted by Crippen LogP contribution is 2.40. The van der Waals surface area contributed by atoms with E-state index in [2.05, 4.69) is 17.0 Å². The molecule has 694 valence electrons. The third-order valence-corrected chi connectivity index (χ3v) is 22.7. The summed E-state index contributed by atoms with van der Waals surface area (Å²) in [4.78, 5) is 84.7. The van der Waals surface area contributed by atoms with Gasteiger partial charge in [-0.25, -0.2) is 0 Å². The van der Waals surface area contributed by atoms with Crippen molar-refractivity contribution in [3.05, 3.63) is 381 Å². The number of ether oxygens (including phenoxy) is 3. The van der Waals surface area contributed by atoms with Gasteiger partial charge in [0.15, 0.2) is 34.6 Å². The minimum atomic E-state index is -0.468. The van der Waals surface area contributed by atoms with Crippen molar-refractivity contribution in [3.63, 3.8) is 0 Å². The van der Waals surface area contributed by atoms with Crippen molar-refractivity contribution in [3.8, 4) is 108 Å². The Hall–Kier alpha value is -17.3. The molecule has 4 N–H and O–H groups in total. The van der Waals surface area contributed by atoms with Crippen LogP contribution in [0.1, 0.15) is 29.2 Å². The first kappa shape index (κ1) is 95.8. The van der Waals surface area contributed by atoms with Crippen molar-refractivity contribution in [2.75, 3.05) is 109 Å². The van der Waals surface area contributed by atoms with Crippen molar-refractivity contribution >= 4 is 99.9 Å². The fraction of sp³-hybridized carbons (Fsp3) is 0.150. The predicted octanol–water partition coefficient (Wildman–Crippen LogP) is 23.3. The number of methoxy groups -OCH3 is 2. The van der Waals surface area contributed by atoms with Crippen molar-refractivity contribution in [2.45, 2.75) is 34.6 Å². The smallest absolute Gasteiger partial charge is 0.235 e. The molecular formula is C113H103N5O19. The summed E-state index contributed by atoms with van der Waals surface area (Å²) in [5, 5.41) is 43.1. The highest BCUT2D eigenvalue weighted by Gasteiger charge is 2.24. The second kappa shape index (κ2) is 42.1. The summed E-state index contributed by atoms with van der Waals surface area (Å²) in [6, 6.07) is 90.9. The summed E-state index contributed by atoms with van der Waals surface area (Å²) in [5.74, 6) is 1.26. The molecule has 0 radical (unpaired) electrons. The number of hydrogen-bond acceptors (Lipinski definition) is 24. The van der Waals surface area contributed by atoms with Gasteiger partial charge < -0.3 is 85.6 Å². The minimum absolute atomic E-state index is 0.149. The van der Waals surface area contributed by atoms with Gasteiger partial charge in [-0.1, -0.05) is 107 Å². The van der Waals surface area contributed by atoms with Gasteiger partial charge in [-0.15, -0.1) is 0 Å². The third kappa shape index (κ3) is 21.3. The molecule has 24 heteroatoms. The van der Waals surface area contributed by atoms with Crippen LogP contribution in [0.5, 0.6) is 40.2 Å². The Bertz CT molecular complexity index is 7990. The van der Waals surface area contributed by atoms with E-state index in [-0.39, 0.29) is 62.6 Å². The Balaban J connectivity index is 0.000000132. The molecule has 0 aliphatic heterocycles. The fourth-order valence-electron chi connectivity index (χ4n) is 15.1. The van der Waals surface area contributed by atoms with Crippen LogP contribution >= 0.6 is 0 Å². The highest BCUT2D eigenvalue weighted by molar-refractivity contribution is 5.89. The quantitative estimate of drug-likeness (QED) is 0.0698. The van der Waals surface area contributed by atoms with Gasteiger partial charge in [0, 0.05) is 131 Å². The number of fused-ring (bicyclic) bond motifs is 6. The molecule has 0 saturated heterocycles. The first-order valence-electron chi connectivity index (χ1n) is 43.8. The zero-order valence-electron chi connectivity index (χ0n) is 78.6. The van der Waals surface area contributed by atoms with E-state index in [1.165, 1.54) is 14.2 Å². The second-order valence-corrected chi connectivity index (χ2v) is 33.2. The Kier molecular flexibility index (Phi) is 29.4. The maximum Gasteiger partial charge on any atom is 0.235 e. The molecule has 0 bridgehead atoms. The number of rotatable bonds is 16. The molecule has 24 nitrogen and oxygen atoms in total. The van der Waals surface area contributed by atoms with Crippen LogP contribution in [0, 0.1) is 27.7 Å². The van der Waals surface area contributed by atoms with Crippen LogP contribution in [-0.2, 0) is 0 Å². The van der Waals surface area contributed by atoms with E-state index in [0.29, 0.717) is 112 Å². The lowest BCUT2D eigenvalue weighted by Crippen LogP contribution is -2.09. The third-order valence-electron chi connectivity index (χ3n) is 22.7. The molecule has 0 fully saturated rings. The van der Waals surface area contributed by atoms with Crippen LogP contribution in [-0.4, -0.2) is 105 Å². The first-order valence-corrected chi connectivity index (χ1v) is 43.8. The van der Waals surface area contributed by atoms with Crippen LogP contribution in [0.4, 0.5) is 34.1 Å². The van der Waals surface area contributed by atoms with Gasteiger partial charge in [0.2, 0.25) is 67.1 Å². The second-order valence-electron chi connectivity index (χ2n) is 33.2. The zero-order chi connectivity index (χ0) is 97.7. The molecule has 0 atom stereocenters. The van der Waals surface area contributed by atoms with Crippen molar-refractivity contribution < 1.29 is 61.1 Å². The standard InChI is InChI=1S/C24H21NO3.C19H19NO4.C19H19NO3.C18H17NO3.C17H15NO3.C16H12O3/c1-16-9-14-21-20(15-16)22(26)24(27-3)23(28-21)17-10-12-19(13-11-17)25(2)18-7-5-4-6-8-18;1-4-23-14-9-10-16-15(11-14)17(21)18(22)19(24-16)12-5-7-13(8-6-12)20(2)3;1-12-5-10-16-15(11-12)17(21)19(22-4)18(23-16)13-6-8-14(9-7-13)20(2)3;1-11-4-9-15-14(10-11)16(20)17(21)18(22-15)12-5-7-13(8-6-12)19(2)3;1-18(2)12-9-7-11(8-10-12)17-16(20)15(19)13-5-3-4-6-14(13)21-17;1-10-6-8-11(9-7-10)16-15(18)14(17)12-4-2-3-5-13(12)19-16/h4-15H,1-3H3;5-11,22H,4H2,1-3H3;5-11H,1-4H3;4-10,21H,1-3H3;3-10,20H,1-2H3;2-9,18H,1H3. The zero-order valence-corrected chi connectivity index (χ0v) is 78.6. The summed E-state index contributed by atoms with van der Waals surface area (Å²) < 4.78 is 51.0. The number of aryl methyl sites for hydroxylation is 4. The molecule has 0 amide bonds. The number of aromatic hydroxyl groups is 4. The molecule has 0 unspecified atom stereocenters. The topological polar surface area (TPSA) is 306 Å². The molecule has 0 aliphatic carbocycles. The lowest BCUT2D eigenvalue weighted by Gasteiger charge is -2.19. The molecule has 0 saturated carbocycles. The minimum Gasteiger partial charge on any atom is -0.502 e. The van der Waals surface area contributed by atoms with E-state index >= 15 is 0 Å². The average Bonchev–Trinajstić information content (AvgIpc) is 0.785. The number of benzene rings is 13. The maximum absolute atomic E-state index is 12.9. The van der Waals surface area contributed by atoms with Crippen LogP contribution in [0.3, 0.4) is 0 Å². The molecule has 6 heterocycles. The maximum atomic E-state index is 12.9. The lowest BCUT2D eigenvalue weighted by molar-refractivity contribution is 0.340. The average molecular weight is 1840 g/mol. The molecule has 137 heavy (non-hydrogen) atoms. The van der Waals surface area contributed by atoms with E-state index in [1.54, 1.807) is 78.9 Å². The van der Waals surface area contributed by atoms with Gasteiger partial charge in [-0.2, -0.15) is 0 Å². The van der Waals surface area contributed by atoms with Crippen molar-refractivity contribution in [1.29, 1.82) is 0 Å². The Labute approximate surface area is 789 Å². The Morgan fingerprint density at radius 3 is 0.803 bits per heavy atom. The Morgan fingerprint density at radius 1 is 0.248 bits per heavy atom. The van der Waals surface area contributed by atoms with Crippen LogP contribution < -0.4 is 71.3 Å². The Morgan fingerprint density at radius 2 is 0.489 bits per heavy atom. The van der Waals surface area contributed by atoms with Gasteiger partial charge in [0.05, 0.1) is 53.1 Å². The monoisotopic (exact) mass is 1830 g/mol. The number of hydrogen-bond donors (Lipinski definition) is 4. The van der Waals surface area contributed by atoms with Gasteiger partial charge >= 0.3 is 0 Å². The largest absolute Gasteiger partial charge is 0.502 e. The summed E-state index contributed by atoms with van der Waals surface area (Å²) >= 11 is 0. The van der Waals surface area contributed by atoms with Crippen molar-refractivity contribution in [2.24, 2.45) is 0 Å². The lowest BCUT2D eigenvalue weighted by atomic mass is 10.1. The molecule has 19 aromatic rings. The van der Waals surface area contributed by atoms with Crippen LogP contribution in [0.15, 0.2) is 353 Å². The summed E-state index contributed by atoms with van der Waals surface area (Å²) in [6.45, 7) is 10.1. The summed E-state index contributed by atoms with van der Waals surface area (Å²) in [6.07, 6.45) is 0. The molecular weight excluding hydrogens is 1730 g/mol. The number of anilines is 6. The van der Waals surface area contributed by atoms with E-state index in [1.807, 2.05) is 324 Å². The van der Waals surface area contributed by atoms with Gasteiger partial charge in [-0.3, -0.25) is 28.8 Å². The number of nitrogens with zero attached hydrogens (tertiary/aromatic N) is 5. The van der Waals surface area contributed by atoms with E-state index in [0.717, 1.165) is 67.5 Å². The van der Waals surface area contributed by atoms with Gasteiger partial charge in [0.25, 0.3) is 0 Å². The molecule has 6 aromatic heterocycles. The van der Waals surface area contributed by atoms with Crippen LogP contribution in [0.25, 0.3) is 134 Å². The van der Waals surface area contributed by atoms with Gasteiger partial charge in [-0.05, 0) is 247 Å². The van der Waals surface area contributed by atoms with Crippen molar-refractivity contribution in [1.82, 2.24) is 0 Å². The SMILES string of the molecule is CCOc1ccc2oc(-c3ccc(N(C)C)cc3)c(O)c(=O)c2c1.CN(C)c1ccc(-c2oc3ccccc3c(=O)c2O)cc1.COc1c(-c2ccc(N(C)C)cc2)oc2ccc(C)cc2c1=O.COc1c(-c2ccc(N(C)c3ccccc3)cc2)oc2ccc(C)cc2c1=O.Cc1ccc(-c2oc3ccccc3c(=O)c2O)cc1.Cc1ccc2oc(-c3ccc(N(C)C)cc3)c(O)c(=O)c2c1. The van der Waals surface area contributed by atoms with E-state index in [4.69, 9.17) is 40.7 Å². The van der Waals surface area contributed by atoms with Gasteiger partial charge in [0.1, 0.15) is 39.2 Å². The molecule has 0 aliphatic rings. The molecule has 0 spiro atoms. The first-order chi connectivity index (χ1) is 65.8. The van der Waals surface area contributed by atoms with E-state index < -0.39 is 27.5 Å². The van der Waals surface area contributed by atoms with Crippen LogP contribution in [0.2, 0.25) is 0 Å². The predicted molar refractivity (Wildman–Crippen MR) is 549 cm³/mol. The molecule has 19 rings (SSSR count).